The summed E-state index contributed by atoms with van der Waals surface area (Å²) in [4.78, 5) is 15.8. The first-order valence-corrected chi connectivity index (χ1v) is 6.66. The van der Waals surface area contributed by atoms with Crippen LogP contribution >= 0.6 is 15.9 Å². The van der Waals surface area contributed by atoms with Crippen LogP contribution in [0.3, 0.4) is 0 Å². The van der Waals surface area contributed by atoms with E-state index in [9.17, 15) is 4.79 Å². The molecule has 0 aromatic heterocycles. The number of nitrogens with zero attached hydrogens (tertiary/aromatic N) is 1. The quantitative estimate of drug-likeness (QED) is 0.548. The summed E-state index contributed by atoms with van der Waals surface area (Å²) < 4.78 is 0.906. The van der Waals surface area contributed by atoms with Crippen molar-refractivity contribution in [1.29, 1.82) is 0 Å². The Balaban J connectivity index is 2.77. The van der Waals surface area contributed by atoms with Crippen LogP contribution in [0.15, 0.2) is 27.7 Å². The molecule has 0 radical (unpaired) electrons. The Kier molecular flexibility index (Phi) is 4.94. The highest BCUT2D eigenvalue weighted by Crippen LogP contribution is 2.23. The molecule has 4 N–H and O–H groups in total. The Labute approximate surface area is 121 Å². The Morgan fingerprint density at radius 1 is 1.37 bits per heavy atom. The number of halogens is 1. The molecule has 0 aliphatic rings. The molecule has 0 saturated heterocycles. The van der Waals surface area contributed by atoms with E-state index in [-0.39, 0.29) is 17.5 Å². The van der Waals surface area contributed by atoms with Crippen LogP contribution in [0.25, 0.3) is 0 Å². The number of aliphatic imine (C=N–C) groups is 1. The summed E-state index contributed by atoms with van der Waals surface area (Å²) in [5.41, 5.74) is 7.07. The fraction of sp³-hybridized carbons (Fsp3) is 0.385. The van der Waals surface area contributed by atoms with E-state index in [0.29, 0.717) is 5.69 Å². The highest BCUT2D eigenvalue weighted by atomic mass is 79.9. The van der Waals surface area contributed by atoms with Gasteiger partial charge in [-0.1, -0.05) is 22.0 Å². The summed E-state index contributed by atoms with van der Waals surface area (Å²) in [6.45, 7) is 7.59. The monoisotopic (exact) mass is 326 g/mol. The number of hydrogen-bond acceptors (Lipinski definition) is 2. The van der Waals surface area contributed by atoms with Crippen LogP contribution in [0.1, 0.15) is 26.3 Å². The first-order valence-electron chi connectivity index (χ1n) is 5.87. The lowest BCUT2D eigenvalue weighted by atomic mass is 10.1. The topological polar surface area (TPSA) is 79.5 Å². The maximum Gasteiger partial charge on any atom is 0.321 e. The molecular formula is C13H19BrN4O. The average molecular weight is 327 g/mol. The van der Waals surface area contributed by atoms with Crippen molar-refractivity contribution in [3.8, 4) is 0 Å². The lowest BCUT2D eigenvalue weighted by Gasteiger charge is -2.20. The largest absolute Gasteiger partial charge is 0.369 e. The van der Waals surface area contributed by atoms with Gasteiger partial charge in [0.15, 0.2) is 0 Å². The molecule has 0 aliphatic heterocycles. The summed E-state index contributed by atoms with van der Waals surface area (Å²) >= 11 is 3.37. The van der Waals surface area contributed by atoms with Crippen molar-refractivity contribution in [2.75, 3.05) is 0 Å². The molecule has 104 valence electrons. The molecule has 2 amide bonds. The number of nitrogens with two attached hydrogens (primary N) is 1. The van der Waals surface area contributed by atoms with Crippen LogP contribution in [0, 0.1) is 6.92 Å². The number of benzene rings is 1. The van der Waals surface area contributed by atoms with E-state index in [2.05, 4.69) is 31.6 Å². The molecule has 0 aliphatic carbocycles. The van der Waals surface area contributed by atoms with Gasteiger partial charge in [-0.05, 0) is 45.4 Å². The lowest BCUT2D eigenvalue weighted by Crippen LogP contribution is -2.50. The van der Waals surface area contributed by atoms with Gasteiger partial charge in [0.25, 0.3) is 0 Å². The molecular weight excluding hydrogens is 308 g/mol. The fourth-order valence-electron chi connectivity index (χ4n) is 1.35. The van der Waals surface area contributed by atoms with Crippen molar-refractivity contribution in [2.24, 2.45) is 10.7 Å². The number of aryl methyl sites for hydroxylation is 1. The average Bonchev–Trinajstić information content (AvgIpc) is 2.20. The molecule has 1 rings (SSSR count). The third kappa shape index (κ3) is 5.74. The third-order valence-electron chi connectivity index (χ3n) is 2.14. The Morgan fingerprint density at radius 2 is 2.00 bits per heavy atom. The predicted octanol–water partition coefficient (Wildman–Crippen LogP) is 2.80. The number of carbonyl (C=O) groups is 1. The van der Waals surface area contributed by atoms with Gasteiger partial charge in [0.1, 0.15) is 0 Å². The van der Waals surface area contributed by atoms with Gasteiger partial charge in [-0.15, -0.1) is 0 Å². The van der Waals surface area contributed by atoms with Crippen LogP contribution in [-0.2, 0) is 0 Å². The molecule has 0 bridgehead atoms. The number of amides is 2. The highest BCUT2D eigenvalue weighted by Gasteiger charge is 2.13. The third-order valence-corrected chi connectivity index (χ3v) is 2.64. The van der Waals surface area contributed by atoms with Gasteiger partial charge in [-0.25, -0.2) is 9.79 Å². The SMILES string of the molecule is Cc1ccc(Br)cc1N=C(N)NC(=O)NC(C)(C)C. The van der Waals surface area contributed by atoms with Gasteiger partial charge >= 0.3 is 6.03 Å². The van der Waals surface area contributed by atoms with Crippen molar-refractivity contribution in [3.63, 3.8) is 0 Å². The highest BCUT2D eigenvalue weighted by molar-refractivity contribution is 9.10. The lowest BCUT2D eigenvalue weighted by molar-refractivity contribution is 0.236. The molecule has 0 saturated carbocycles. The van der Waals surface area contributed by atoms with E-state index < -0.39 is 0 Å². The van der Waals surface area contributed by atoms with Gasteiger partial charge in [-0.3, -0.25) is 5.32 Å². The number of guanidine groups is 1. The summed E-state index contributed by atoms with van der Waals surface area (Å²) in [5.74, 6) is 0.0583. The molecule has 5 nitrogen and oxygen atoms in total. The van der Waals surface area contributed by atoms with Crippen molar-refractivity contribution >= 4 is 33.6 Å². The van der Waals surface area contributed by atoms with Crippen LogP contribution in [-0.4, -0.2) is 17.5 Å². The van der Waals surface area contributed by atoms with Gasteiger partial charge in [0.05, 0.1) is 5.69 Å². The molecule has 0 unspecified atom stereocenters. The Morgan fingerprint density at radius 3 is 2.58 bits per heavy atom. The van der Waals surface area contributed by atoms with Gasteiger partial charge in [0.2, 0.25) is 5.96 Å². The summed E-state index contributed by atoms with van der Waals surface area (Å²) in [5, 5.41) is 5.24. The second kappa shape index (κ2) is 6.06. The van der Waals surface area contributed by atoms with E-state index in [0.717, 1.165) is 10.0 Å². The predicted molar refractivity (Wildman–Crippen MR) is 81.6 cm³/mol. The molecule has 0 spiro atoms. The maximum atomic E-state index is 11.6. The molecule has 0 fully saturated rings. The zero-order valence-electron chi connectivity index (χ0n) is 11.5. The molecule has 1 aromatic carbocycles. The zero-order valence-corrected chi connectivity index (χ0v) is 13.1. The summed E-state index contributed by atoms with van der Waals surface area (Å²) in [6.07, 6.45) is 0. The van der Waals surface area contributed by atoms with Crippen LogP contribution in [0.2, 0.25) is 0 Å². The minimum absolute atomic E-state index is 0.0583. The minimum atomic E-state index is -0.374. The number of nitrogens with one attached hydrogen (secondary N) is 2. The first-order chi connectivity index (χ1) is 8.67. The van der Waals surface area contributed by atoms with E-state index in [1.165, 1.54) is 0 Å². The van der Waals surface area contributed by atoms with E-state index in [1.807, 2.05) is 45.9 Å². The summed E-state index contributed by atoms with van der Waals surface area (Å²) in [7, 11) is 0. The standard InChI is InChI=1S/C13H19BrN4O/c1-8-5-6-9(14)7-10(8)16-11(15)17-12(19)18-13(2,3)4/h5-7H,1-4H3,(H4,15,16,17,18,19). The van der Waals surface area contributed by atoms with Crippen LogP contribution in [0.5, 0.6) is 0 Å². The zero-order chi connectivity index (χ0) is 14.6. The van der Waals surface area contributed by atoms with Gasteiger partial charge < -0.3 is 11.1 Å². The molecule has 6 heteroatoms. The van der Waals surface area contributed by atoms with Crippen LogP contribution < -0.4 is 16.4 Å². The van der Waals surface area contributed by atoms with Crippen molar-refractivity contribution in [1.82, 2.24) is 10.6 Å². The smallest absolute Gasteiger partial charge is 0.321 e. The second-order valence-electron chi connectivity index (χ2n) is 5.26. The van der Waals surface area contributed by atoms with Crippen molar-refractivity contribution in [3.05, 3.63) is 28.2 Å². The Bertz CT molecular complexity index is 506. The minimum Gasteiger partial charge on any atom is -0.369 e. The van der Waals surface area contributed by atoms with E-state index in [1.54, 1.807) is 0 Å². The van der Waals surface area contributed by atoms with Gasteiger partial charge in [0, 0.05) is 10.0 Å². The normalized spacial score (nSPS) is 12.2. The second-order valence-corrected chi connectivity index (χ2v) is 6.17. The van der Waals surface area contributed by atoms with Gasteiger partial charge in [-0.2, -0.15) is 0 Å². The molecule has 1 aromatic rings. The van der Waals surface area contributed by atoms with Crippen molar-refractivity contribution < 1.29 is 4.79 Å². The maximum absolute atomic E-state index is 11.6. The molecule has 19 heavy (non-hydrogen) atoms. The summed E-state index contributed by atoms with van der Waals surface area (Å²) in [6, 6.07) is 5.31. The number of rotatable bonds is 1. The van der Waals surface area contributed by atoms with E-state index >= 15 is 0 Å². The number of carbonyl (C=O) groups excluding carboxylic acids is 1. The Hall–Kier alpha value is -1.56. The number of hydrogen-bond donors (Lipinski definition) is 3. The van der Waals surface area contributed by atoms with Crippen LogP contribution in [0.4, 0.5) is 10.5 Å². The number of urea groups is 1. The molecule has 0 atom stereocenters. The van der Waals surface area contributed by atoms with E-state index in [4.69, 9.17) is 5.73 Å². The van der Waals surface area contributed by atoms with Crippen molar-refractivity contribution in [2.45, 2.75) is 33.2 Å². The molecule has 0 heterocycles. The fourth-order valence-corrected chi connectivity index (χ4v) is 1.70. The first kappa shape index (κ1) is 15.5.